The molecule has 0 bridgehead atoms. The van der Waals surface area contributed by atoms with E-state index in [1.54, 1.807) is 6.08 Å². The maximum absolute atomic E-state index is 4.14. The summed E-state index contributed by atoms with van der Waals surface area (Å²) in [6.45, 7) is 10.4. The summed E-state index contributed by atoms with van der Waals surface area (Å²) < 4.78 is 0. The quantitative estimate of drug-likeness (QED) is 0.754. The highest BCUT2D eigenvalue weighted by Crippen LogP contribution is 2.26. The van der Waals surface area contributed by atoms with Crippen molar-refractivity contribution in [2.75, 3.05) is 0 Å². The molecule has 2 heteroatoms. The number of rotatable bonds is 4. The Balaban J connectivity index is 2.86. The molecule has 1 aromatic heterocycles. The van der Waals surface area contributed by atoms with Crippen LogP contribution < -0.4 is 0 Å². The van der Waals surface area contributed by atoms with E-state index in [0.29, 0.717) is 0 Å². The number of aromatic nitrogens is 2. The van der Waals surface area contributed by atoms with Gasteiger partial charge < -0.3 is 0 Å². The highest BCUT2D eigenvalue weighted by molar-refractivity contribution is 5.42. The molecular formula is C11H18N2. The van der Waals surface area contributed by atoms with Crippen molar-refractivity contribution in [1.82, 2.24) is 10.2 Å². The molecule has 0 unspecified atom stereocenters. The minimum Gasteiger partial charge on any atom is -0.281 e. The van der Waals surface area contributed by atoms with Crippen LogP contribution >= 0.6 is 0 Å². The van der Waals surface area contributed by atoms with Gasteiger partial charge in [-0.25, -0.2) is 0 Å². The van der Waals surface area contributed by atoms with Crippen molar-refractivity contribution >= 4 is 6.08 Å². The molecule has 0 radical (unpaired) electrons. The SMILES string of the molecule is C=Cc1cc(C(C)(C)CCC)[nH]n1. The van der Waals surface area contributed by atoms with Crippen molar-refractivity contribution in [3.05, 3.63) is 24.0 Å². The molecule has 0 aromatic carbocycles. The second-order valence-corrected chi connectivity index (χ2v) is 4.04. The standard InChI is InChI=1S/C11H18N2/c1-5-7-11(3,4)10-8-9(6-2)12-13-10/h6,8H,2,5,7H2,1,3-4H3,(H,12,13). The van der Waals surface area contributed by atoms with E-state index in [1.165, 1.54) is 18.5 Å². The summed E-state index contributed by atoms with van der Waals surface area (Å²) in [6, 6.07) is 2.07. The predicted molar refractivity (Wildman–Crippen MR) is 56.6 cm³/mol. The van der Waals surface area contributed by atoms with Crippen LogP contribution in [0, 0.1) is 0 Å². The average molecular weight is 178 g/mol. The molecule has 2 nitrogen and oxygen atoms in total. The van der Waals surface area contributed by atoms with Gasteiger partial charge in [0.2, 0.25) is 0 Å². The van der Waals surface area contributed by atoms with E-state index in [9.17, 15) is 0 Å². The molecule has 1 heterocycles. The first-order valence-electron chi connectivity index (χ1n) is 4.78. The smallest absolute Gasteiger partial charge is 0.0845 e. The molecule has 1 aromatic rings. The van der Waals surface area contributed by atoms with Gasteiger partial charge in [0.05, 0.1) is 5.69 Å². The highest BCUT2D eigenvalue weighted by atomic mass is 15.1. The molecule has 0 fully saturated rings. The van der Waals surface area contributed by atoms with Crippen molar-refractivity contribution in [2.45, 2.75) is 39.0 Å². The summed E-state index contributed by atoms with van der Waals surface area (Å²) in [5, 5.41) is 7.20. The second kappa shape index (κ2) is 3.77. The zero-order valence-electron chi connectivity index (χ0n) is 8.72. The Morgan fingerprint density at radius 2 is 2.31 bits per heavy atom. The van der Waals surface area contributed by atoms with E-state index in [-0.39, 0.29) is 5.41 Å². The summed E-state index contributed by atoms with van der Waals surface area (Å²) in [4.78, 5) is 0. The van der Waals surface area contributed by atoms with Gasteiger partial charge in [0.25, 0.3) is 0 Å². The van der Waals surface area contributed by atoms with Crippen molar-refractivity contribution in [2.24, 2.45) is 0 Å². The Kier molecular flexibility index (Phi) is 2.91. The fourth-order valence-electron chi connectivity index (χ4n) is 1.55. The van der Waals surface area contributed by atoms with Gasteiger partial charge in [0.1, 0.15) is 0 Å². The molecule has 13 heavy (non-hydrogen) atoms. The molecule has 0 aliphatic heterocycles. The first-order chi connectivity index (χ1) is 6.10. The molecule has 0 amide bonds. The third-order valence-corrected chi connectivity index (χ3v) is 2.41. The largest absolute Gasteiger partial charge is 0.281 e. The lowest BCUT2D eigenvalue weighted by Gasteiger charge is -2.21. The first-order valence-corrected chi connectivity index (χ1v) is 4.78. The molecular weight excluding hydrogens is 160 g/mol. The molecule has 1 rings (SSSR count). The van der Waals surface area contributed by atoms with E-state index in [0.717, 1.165) is 5.69 Å². The second-order valence-electron chi connectivity index (χ2n) is 4.04. The van der Waals surface area contributed by atoms with Gasteiger partial charge in [-0.3, -0.25) is 5.10 Å². The normalized spacial score (nSPS) is 11.6. The zero-order valence-corrected chi connectivity index (χ0v) is 8.72. The minimum absolute atomic E-state index is 0.197. The van der Waals surface area contributed by atoms with Crippen molar-refractivity contribution in [1.29, 1.82) is 0 Å². The van der Waals surface area contributed by atoms with E-state index >= 15 is 0 Å². The fraction of sp³-hybridized carbons (Fsp3) is 0.545. The van der Waals surface area contributed by atoms with Gasteiger partial charge in [-0.05, 0) is 18.6 Å². The Bertz CT molecular complexity index is 284. The fourth-order valence-corrected chi connectivity index (χ4v) is 1.55. The third kappa shape index (κ3) is 2.20. The molecule has 0 aliphatic carbocycles. The molecule has 0 aliphatic rings. The van der Waals surface area contributed by atoms with E-state index in [2.05, 4.69) is 43.6 Å². The monoisotopic (exact) mass is 178 g/mol. The minimum atomic E-state index is 0.197. The van der Waals surface area contributed by atoms with Gasteiger partial charge in [0, 0.05) is 11.1 Å². The molecule has 0 saturated heterocycles. The van der Waals surface area contributed by atoms with Crippen molar-refractivity contribution in [3.8, 4) is 0 Å². The van der Waals surface area contributed by atoms with Gasteiger partial charge in [-0.15, -0.1) is 0 Å². The Morgan fingerprint density at radius 3 is 2.77 bits per heavy atom. The van der Waals surface area contributed by atoms with E-state index in [1.807, 2.05) is 0 Å². The first kappa shape index (κ1) is 10.0. The van der Waals surface area contributed by atoms with Gasteiger partial charge in [0.15, 0.2) is 0 Å². The van der Waals surface area contributed by atoms with Crippen LogP contribution in [0.5, 0.6) is 0 Å². The number of nitrogens with zero attached hydrogens (tertiary/aromatic N) is 1. The third-order valence-electron chi connectivity index (χ3n) is 2.41. The molecule has 1 N–H and O–H groups in total. The lowest BCUT2D eigenvalue weighted by atomic mass is 9.84. The summed E-state index contributed by atoms with van der Waals surface area (Å²) in [5.41, 5.74) is 2.33. The maximum atomic E-state index is 4.14. The van der Waals surface area contributed by atoms with Crippen LogP contribution in [0.25, 0.3) is 6.08 Å². The van der Waals surface area contributed by atoms with E-state index in [4.69, 9.17) is 0 Å². The van der Waals surface area contributed by atoms with Crippen molar-refractivity contribution in [3.63, 3.8) is 0 Å². The topological polar surface area (TPSA) is 28.7 Å². The van der Waals surface area contributed by atoms with Crippen molar-refractivity contribution < 1.29 is 0 Å². The molecule has 0 saturated carbocycles. The summed E-state index contributed by atoms with van der Waals surface area (Å²) in [7, 11) is 0. The Morgan fingerprint density at radius 1 is 1.62 bits per heavy atom. The maximum Gasteiger partial charge on any atom is 0.0845 e. The number of aromatic amines is 1. The Hall–Kier alpha value is -1.05. The van der Waals surface area contributed by atoms with Gasteiger partial charge >= 0.3 is 0 Å². The van der Waals surface area contributed by atoms with Crippen LogP contribution in [0.2, 0.25) is 0 Å². The predicted octanol–water partition coefficient (Wildman–Crippen LogP) is 3.13. The summed E-state index contributed by atoms with van der Waals surface area (Å²) in [6.07, 6.45) is 4.13. The number of nitrogens with one attached hydrogen (secondary N) is 1. The molecule has 0 atom stereocenters. The van der Waals surface area contributed by atoms with Crippen LogP contribution in [0.15, 0.2) is 12.6 Å². The lowest BCUT2D eigenvalue weighted by molar-refractivity contribution is 0.458. The molecule has 0 spiro atoms. The van der Waals surface area contributed by atoms with Crippen LogP contribution in [0.1, 0.15) is 45.0 Å². The van der Waals surface area contributed by atoms with Crippen LogP contribution in [-0.2, 0) is 5.41 Å². The zero-order chi connectivity index (χ0) is 9.90. The number of hydrogen-bond donors (Lipinski definition) is 1. The van der Waals surface area contributed by atoms with Crippen LogP contribution in [0.3, 0.4) is 0 Å². The summed E-state index contributed by atoms with van der Waals surface area (Å²) >= 11 is 0. The van der Waals surface area contributed by atoms with Crippen LogP contribution in [-0.4, -0.2) is 10.2 Å². The molecule has 72 valence electrons. The average Bonchev–Trinajstić information content (AvgIpc) is 2.52. The Labute approximate surface area is 80.1 Å². The lowest BCUT2D eigenvalue weighted by Crippen LogP contribution is -2.17. The summed E-state index contributed by atoms with van der Waals surface area (Å²) in [5.74, 6) is 0. The number of H-pyrrole nitrogens is 1. The number of hydrogen-bond acceptors (Lipinski definition) is 1. The van der Waals surface area contributed by atoms with Gasteiger partial charge in [-0.1, -0.05) is 33.8 Å². The van der Waals surface area contributed by atoms with E-state index < -0.39 is 0 Å². The highest BCUT2D eigenvalue weighted by Gasteiger charge is 2.21. The van der Waals surface area contributed by atoms with Gasteiger partial charge in [-0.2, -0.15) is 5.10 Å². The van der Waals surface area contributed by atoms with Crippen LogP contribution in [0.4, 0.5) is 0 Å².